The van der Waals surface area contributed by atoms with E-state index in [1.54, 1.807) is 57.2 Å². The van der Waals surface area contributed by atoms with E-state index in [0.29, 0.717) is 6.61 Å². The number of aliphatic hydroxyl groups is 1. The van der Waals surface area contributed by atoms with E-state index >= 15 is 0 Å². The van der Waals surface area contributed by atoms with Gasteiger partial charge >= 0.3 is 7.60 Å². The Morgan fingerprint density at radius 2 is 0.815 bits per heavy atom. The van der Waals surface area contributed by atoms with Gasteiger partial charge in [0.25, 0.3) is 36.2 Å². The van der Waals surface area contributed by atoms with Crippen LogP contribution in [-0.4, -0.2) is 87.3 Å². The maximum Gasteiger partial charge on any atom is 0.357 e. The van der Waals surface area contributed by atoms with Gasteiger partial charge in [-0.2, -0.15) is 25.3 Å². The first-order valence-corrected chi connectivity index (χ1v) is 37.4. The number of rotatable bonds is 34. The highest BCUT2D eigenvalue weighted by molar-refractivity contribution is 8.08. The summed E-state index contributed by atoms with van der Waals surface area (Å²) in [6.45, 7) is 13.6. The largest absolute Gasteiger partial charge is 0.777 e. The molecule has 4 aromatic rings. The second kappa shape index (κ2) is 46.8. The number of aryl methyl sites for hydroxylation is 3. The Labute approximate surface area is 495 Å². The second-order valence-corrected chi connectivity index (χ2v) is 31.1. The molecule has 1 heterocycles. The fraction of sp³-hybridized carbons (Fsp3) is 0.574. The second-order valence-electron chi connectivity index (χ2n) is 17.6. The van der Waals surface area contributed by atoms with Gasteiger partial charge in [-0.1, -0.05) is 158 Å². The third-order valence-corrected chi connectivity index (χ3v) is 17.9. The van der Waals surface area contributed by atoms with Crippen molar-refractivity contribution in [1.82, 2.24) is 0 Å². The standard InChI is InChI=1S/C19H40O2.C12H19O6PS.C8H9Cl2O4PS.C8H11O6PS.C5H5N.2CH4/c1-2-3-4-5-12-15-18-21-19-16-13-10-8-6-7-9-11-14-17-20;1-4-16-19(13,17-5-2)10-18-20(14,15)12-8-6-11(3)7-9-12;2*1-7-2-4-8(5-3-7)16(12,13)14-6-15(9,10)11;1-2-4-6-5-3-1;;/h20H,2-19H2,1H3;6-9H,4-5,10H2,1-3H3;2-5H,6H2,1H3;2-5H,6H2,1H3,(H2,9,10,11);1-5H;2*1H4. The Morgan fingerprint density at radius 3 is 1.10 bits per heavy atom. The molecule has 81 heavy (non-hydrogen) atoms. The molecule has 0 aliphatic carbocycles. The van der Waals surface area contributed by atoms with Crippen LogP contribution < -0.4 is 9.88 Å². The lowest BCUT2D eigenvalue weighted by Gasteiger charge is -2.16. The van der Waals surface area contributed by atoms with Crippen molar-refractivity contribution in [3.05, 3.63) is 120 Å². The predicted molar refractivity (Wildman–Crippen MR) is 322 cm³/mol. The minimum atomic E-state index is -4.74. The first kappa shape index (κ1) is 82.8. The molecule has 19 nitrogen and oxygen atoms in total. The molecule has 468 valence electrons. The predicted octanol–water partition coefficient (Wildman–Crippen LogP) is 14.1. The average Bonchev–Trinajstić information content (AvgIpc) is 3.39. The van der Waals surface area contributed by atoms with Gasteiger partial charge in [-0.25, -0.2) is 4.98 Å². The van der Waals surface area contributed by atoms with E-state index in [2.05, 4.69) is 20.3 Å². The highest BCUT2D eigenvalue weighted by Crippen LogP contribution is 2.56. The minimum Gasteiger partial charge on any atom is -0.777 e. The van der Waals surface area contributed by atoms with Crippen LogP contribution in [0.2, 0.25) is 0 Å². The van der Waals surface area contributed by atoms with Crippen LogP contribution in [0.3, 0.4) is 0 Å². The Kier molecular flexibility index (Phi) is 47.8. The number of hydrogen-bond donors (Lipinski definition) is 2. The number of aromatic amines is 1. The molecule has 0 aliphatic heterocycles. The van der Waals surface area contributed by atoms with Crippen LogP contribution in [0.4, 0.5) is 0 Å². The maximum atomic E-state index is 12.1. The number of aliphatic hydroxyl groups excluding tert-OH is 1. The molecule has 0 spiro atoms. The molecule has 1 aromatic heterocycles. The van der Waals surface area contributed by atoms with E-state index in [0.717, 1.165) is 36.3 Å². The van der Waals surface area contributed by atoms with E-state index in [1.807, 2.05) is 44.4 Å². The number of ether oxygens (including phenoxy) is 1. The highest BCUT2D eigenvalue weighted by Gasteiger charge is 2.28. The highest BCUT2D eigenvalue weighted by atomic mass is 35.9. The molecule has 0 bridgehead atoms. The Bertz CT molecular complexity index is 2520. The fourth-order valence-corrected chi connectivity index (χ4v) is 13.0. The number of H-pyrrole nitrogens is 1. The summed E-state index contributed by atoms with van der Waals surface area (Å²) in [5.41, 5.74) is 2.70. The zero-order valence-corrected chi connectivity index (χ0v) is 53.0. The monoisotopic (exact) mass is 1300 g/mol. The van der Waals surface area contributed by atoms with Crippen molar-refractivity contribution in [3.63, 3.8) is 0 Å². The lowest BCUT2D eigenvalue weighted by Crippen LogP contribution is -2.12. The van der Waals surface area contributed by atoms with Gasteiger partial charge in [-0.15, -0.1) is 0 Å². The molecule has 0 radical (unpaired) electrons. The van der Waals surface area contributed by atoms with Crippen molar-refractivity contribution in [2.45, 2.75) is 167 Å². The van der Waals surface area contributed by atoms with Crippen molar-refractivity contribution in [1.29, 1.82) is 0 Å². The average molecular weight is 1300 g/mol. The molecule has 0 fully saturated rings. The first-order chi connectivity index (χ1) is 37.2. The van der Waals surface area contributed by atoms with Crippen LogP contribution in [0.15, 0.2) is 118 Å². The van der Waals surface area contributed by atoms with E-state index in [4.69, 9.17) is 50.4 Å². The maximum absolute atomic E-state index is 12.1. The quantitative estimate of drug-likeness (QED) is 0.0250. The van der Waals surface area contributed by atoms with Gasteiger partial charge in [0.15, 0.2) is 26.3 Å². The normalized spacial score (nSPS) is 12.2. The number of hydrogen-bond acceptors (Lipinski definition) is 17. The smallest absolute Gasteiger partial charge is 0.357 e. The molecule has 27 heteroatoms. The number of halogens is 2. The molecule has 1 atom stereocenters. The van der Waals surface area contributed by atoms with Crippen molar-refractivity contribution < 1.29 is 85.2 Å². The van der Waals surface area contributed by atoms with Gasteiger partial charge in [0.2, 0.25) is 0 Å². The van der Waals surface area contributed by atoms with Gasteiger partial charge in [-0.3, -0.25) is 21.7 Å². The van der Waals surface area contributed by atoms with Crippen LogP contribution in [-0.2, 0) is 70.4 Å². The summed E-state index contributed by atoms with van der Waals surface area (Å²) in [6, 6.07) is 23.7. The van der Waals surface area contributed by atoms with Crippen LogP contribution >= 0.6 is 43.5 Å². The third kappa shape index (κ3) is 45.6. The van der Waals surface area contributed by atoms with Gasteiger partial charge in [0.1, 0.15) is 12.7 Å². The first-order valence-electron chi connectivity index (χ1n) is 26.0. The minimum absolute atomic E-state index is 0. The fourth-order valence-electron chi connectivity index (χ4n) is 6.21. The number of aromatic nitrogens is 1. The van der Waals surface area contributed by atoms with E-state index in [-0.39, 0.29) is 42.8 Å². The van der Waals surface area contributed by atoms with Gasteiger partial charge in [0, 0.05) is 32.0 Å². The summed E-state index contributed by atoms with van der Waals surface area (Å²) >= 11 is 10.4. The molecular weight excluding hydrogens is 1210 g/mol. The summed E-state index contributed by atoms with van der Waals surface area (Å²) < 4.78 is 132. The molecule has 0 saturated carbocycles. The summed E-state index contributed by atoms with van der Waals surface area (Å²) in [7, 11) is -20.4. The van der Waals surface area contributed by atoms with E-state index in [1.165, 1.54) is 126 Å². The Hall–Kier alpha value is -2.43. The van der Waals surface area contributed by atoms with Crippen molar-refractivity contribution in [2.75, 3.05) is 52.1 Å². The lowest BCUT2D eigenvalue weighted by molar-refractivity contribution is -0.378. The van der Waals surface area contributed by atoms with Crippen molar-refractivity contribution in [3.8, 4) is 0 Å². The van der Waals surface area contributed by atoms with Crippen LogP contribution in [0.1, 0.15) is 149 Å². The summed E-state index contributed by atoms with van der Waals surface area (Å²) in [6.07, 6.45) is 20.7. The molecule has 1 unspecified atom stereocenters. The van der Waals surface area contributed by atoms with Gasteiger partial charge in [-0.05, 0) is 113 Å². The number of benzene rings is 3. The molecule has 0 saturated heterocycles. The molecule has 3 aromatic carbocycles. The SMILES string of the molecule is C.C.CCCCCCCCOCCCCCCCCCCCO.CCOP(=O)(COS(=O)(=O)c1ccc(C)cc1)OCC.Cc1ccc(S(=O)(=O)OCP(=O)(Cl)Cl)cc1.Cc1ccc(S(=O)(=O)OCP(=O)([O-])O)cc1.c1cc[nH+]cc1. The number of unbranched alkanes of at least 4 members (excludes halogenated alkanes) is 13. The molecule has 4 rings (SSSR count). The Balaban J connectivity index is -0.000000962. The zero-order valence-electron chi connectivity index (χ0n) is 46.3. The molecule has 0 aliphatic rings. The van der Waals surface area contributed by atoms with E-state index < -0.39 is 70.4 Å². The van der Waals surface area contributed by atoms with Gasteiger partial charge in [0.05, 0.1) is 27.9 Å². The molecule has 0 amide bonds. The molecular formula is C54H92Cl2NO18P3S3. The van der Waals surface area contributed by atoms with Gasteiger partial charge < -0.3 is 33.2 Å². The lowest BCUT2D eigenvalue weighted by atomic mass is 10.1. The molecule has 3 N–H and O–H groups in total. The van der Waals surface area contributed by atoms with E-state index in [9.17, 15) is 43.8 Å². The topological polar surface area (TPSA) is 287 Å². The van der Waals surface area contributed by atoms with Crippen molar-refractivity contribution in [2.24, 2.45) is 0 Å². The Morgan fingerprint density at radius 1 is 0.494 bits per heavy atom. The summed E-state index contributed by atoms with van der Waals surface area (Å²) in [4.78, 5) is 21.4. The number of pyridine rings is 1. The van der Waals surface area contributed by atoms with Crippen LogP contribution in [0.25, 0.3) is 0 Å². The third-order valence-electron chi connectivity index (χ3n) is 10.4. The number of nitrogens with one attached hydrogen (secondary N) is 1. The van der Waals surface area contributed by atoms with Crippen LogP contribution in [0.5, 0.6) is 0 Å². The van der Waals surface area contributed by atoms with Crippen molar-refractivity contribution >= 4 is 73.9 Å². The zero-order chi connectivity index (χ0) is 59.7. The van der Waals surface area contributed by atoms with Crippen LogP contribution in [0, 0.1) is 20.8 Å². The summed E-state index contributed by atoms with van der Waals surface area (Å²) in [5, 5.41) is 8.68. The summed E-state index contributed by atoms with van der Waals surface area (Å²) in [5.74, 6) is -3.55.